The number of aromatic nitrogens is 1. The first-order valence-corrected chi connectivity index (χ1v) is 8.99. The Balaban J connectivity index is 1.62. The summed E-state index contributed by atoms with van der Waals surface area (Å²) in [5.41, 5.74) is 4.33. The molecule has 0 unspecified atom stereocenters. The molecule has 1 aromatic heterocycles. The number of carbonyl (C=O) groups is 1. The lowest BCUT2D eigenvalue weighted by Crippen LogP contribution is -2.20. The van der Waals surface area contributed by atoms with Crippen LogP contribution >= 0.6 is 22.9 Å². The van der Waals surface area contributed by atoms with Gasteiger partial charge in [0.2, 0.25) is 0 Å². The van der Waals surface area contributed by atoms with Crippen molar-refractivity contribution in [3.05, 3.63) is 64.0 Å². The van der Waals surface area contributed by atoms with Gasteiger partial charge in [-0.2, -0.15) is 0 Å². The standard InChI is InChI=1S/C19H17ClN2O2S/c1-12-7-8-14(9-13(12)2)16-11-25-19(21-16)22-18(23)10-24-17-6-4-3-5-15(17)20/h3-9,11H,10H2,1-2H3,(H,21,22,23). The summed E-state index contributed by atoms with van der Waals surface area (Å²) in [6.07, 6.45) is 0. The Morgan fingerprint density at radius 2 is 2.00 bits per heavy atom. The van der Waals surface area contributed by atoms with E-state index in [9.17, 15) is 4.79 Å². The molecule has 2 aromatic carbocycles. The van der Waals surface area contributed by atoms with Crippen LogP contribution in [0.15, 0.2) is 47.8 Å². The fraction of sp³-hybridized carbons (Fsp3) is 0.158. The summed E-state index contributed by atoms with van der Waals surface area (Å²) in [6, 6.07) is 13.2. The molecule has 3 aromatic rings. The average Bonchev–Trinajstić information content (AvgIpc) is 3.05. The van der Waals surface area contributed by atoms with E-state index in [4.69, 9.17) is 16.3 Å². The SMILES string of the molecule is Cc1ccc(-c2csc(NC(=O)COc3ccccc3Cl)n2)cc1C. The number of benzene rings is 2. The van der Waals surface area contributed by atoms with Crippen molar-refractivity contribution in [2.45, 2.75) is 13.8 Å². The first-order chi connectivity index (χ1) is 12.0. The Morgan fingerprint density at radius 3 is 2.76 bits per heavy atom. The molecule has 1 amide bonds. The van der Waals surface area contributed by atoms with E-state index in [2.05, 4.69) is 36.3 Å². The lowest BCUT2D eigenvalue weighted by atomic mass is 10.1. The number of nitrogens with zero attached hydrogens (tertiary/aromatic N) is 1. The molecule has 1 heterocycles. The number of carbonyl (C=O) groups excluding carboxylic acids is 1. The van der Waals surface area contributed by atoms with Crippen LogP contribution in [0.2, 0.25) is 5.02 Å². The largest absolute Gasteiger partial charge is 0.482 e. The van der Waals surface area contributed by atoms with Gasteiger partial charge in [-0.25, -0.2) is 4.98 Å². The van der Waals surface area contributed by atoms with Gasteiger partial charge in [-0.05, 0) is 43.2 Å². The van der Waals surface area contributed by atoms with Crippen molar-refractivity contribution in [2.24, 2.45) is 0 Å². The maximum absolute atomic E-state index is 12.0. The Hall–Kier alpha value is -2.37. The number of aryl methyl sites for hydroxylation is 2. The van der Waals surface area contributed by atoms with Crippen LogP contribution in [0.5, 0.6) is 5.75 Å². The van der Waals surface area contributed by atoms with Gasteiger partial charge in [0.1, 0.15) is 5.75 Å². The zero-order chi connectivity index (χ0) is 17.8. The monoisotopic (exact) mass is 372 g/mol. The molecule has 0 saturated heterocycles. The van der Waals surface area contributed by atoms with E-state index in [1.807, 2.05) is 11.4 Å². The minimum absolute atomic E-state index is 0.123. The molecular formula is C19H17ClN2O2S. The predicted molar refractivity (Wildman–Crippen MR) is 103 cm³/mol. The van der Waals surface area contributed by atoms with Crippen molar-refractivity contribution in [3.8, 4) is 17.0 Å². The van der Waals surface area contributed by atoms with Gasteiger partial charge in [-0.3, -0.25) is 10.1 Å². The molecule has 0 saturated carbocycles. The Labute approximate surface area is 155 Å². The van der Waals surface area contributed by atoms with Gasteiger partial charge < -0.3 is 4.74 Å². The molecule has 0 radical (unpaired) electrons. The normalized spacial score (nSPS) is 10.5. The average molecular weight is 373 g/mol. The molecule has 1 N–H and O–H groups in total. The smallest absolute Gasteiger partial charge is 0.264 e. The maximum Gasteiger partial charge on any atom is 0.264 e. The molecule has 0 aliphatic carbocycles. The number of para-hydroxylation sites is 1. The minimum atomic E-state index is -0.277. The number of nitrogens with one attached hydrogen (secondary N) is 1. The van der Waals surface area contributed by atoms with Gasteiger partial charge in [0.15, 0.2) is 11.7 Å². The molecule has 6 heteroatoms. The number of ether oxygens (including phenoxy) is 1. The minimum Gasteiger partial charge on any atom is -0.482 e. The van der Waals surface area contributed by atoms with Crippen LogP contribution in [0, 0.1) is 13.8 Å². The predicted octanol–water partition coefficient (Wildman–Crippen LogP) is 5.10. The van der Waals surface area contributed by atoms with Crippen LogP contribution in [0.1, 0.15) is 11.1 Å². The van der Waals surface area contributed by atoms with Crippen LogP contribution in [-0.2, 0) is 4.79 Å². The highest BCUT2D eigenvalue weighted by Crippen LogP contribution is 2.27. The van der Waals surface area contributed by atoms with Gasteiger partial charge in [-0.1, -0.05) is 35.9 Å². The second-order valence-corrected chi connectivity index (χ2v) is 6.87. The third-order valence-corrected chi connectivity index (χ3v) is 4.82. The van der Waals surface area contributed by atoms with Gasteiger partial charge in [0.25, 0.3) is 5.91 Å². The molecule has 0 fully saturated rings. The van der Waals surface area contributed by atoms with Gasteiger partial charge >= 0.3 is 0 Å². The van der Waals surface area contributed by atoms with Crippen LogP contribution in [0.4, 0.5) is 5.13 Å². The third-order valence-electron chi connectivity index (χ3n) is 3.75. The quantitative estimate of drug-likeness (QED) is 0.678. The van der Waals surface area contributed by atoms with Crippen molar-refractivity contribution in [2.75, 3.05) is 11.9 Å². The fourth-order valence-electron chi connectivity index (χ4n) is 2.22. The van der Waals surface area contributed by atoms with Crippen LogP contribution in [0.25, 0.3) is 11.3 Å². The second-order valence-electron chi connectivity index (χ2n) is 5.60. The zero-order valence-corrected chi connectivity index (χ0v) is 15.4. The van der Waals surface area contributed by atoms with Gasteiger partial charge in [-0.15, -0.1) is 11.3 Å². The van der Waals surface area contributed by atoms with Crippen LogP contribution in [-0.4, -0.2) is 17.5 Å². The number of halogens is 1. The van der Waals surface area contributed by atoms with Crippen molar-refractivity contribution < 1.29 is 9.53 Å². The van der Waals surface area contributed by atoms with E-state index in [1.165, 1.54) is 22.5 Å². The van der Waals surface area contributed by atoms with E-state index in [-0.39, 0.29) is 12.5 Å². The molecule has 25 heavy (non-hydrogen) atoms. The number of hydrogen-bond acceptors (Lipinski definition) is 4. The number of rotatable bonds is 5. The fourth-order valence-corrected chi connectivity index (χ4v) is 3.15. The maximum atomic E-state index is 12.0. The van der Waals surface area contributed by atoms with Crippen molar-refractivity contribution in [3.63, 3.8) is 0 Å². The molecular weight excluding hydrogens is 356 g/mol. The summed E-state index contributed by atoms with van der Waals surface area (Å²) >= 11 is 7.38. The Bertz CT molecular complexity index is 908. The summed E-state index contributed by atoms with van der Waals surface area (Å²) in [5.74, 6) is 0.204. The topological polar surface area (TPSA) is 51.2 Å². The van der Waals surface area contributed by atoms with E-state index < -0.39 is 0 Å². The lowest BCUT2D eigenvalue weighted by Gasteiger charge is -2.07. The van der Waals surface area contributed by atoms with Crippen molar-refractivity contribution >= 4 is 34.0 Å². The highest BCUT2D eigenvalue weighted by molar-refractivity contribution is 7.14. The first-order valence-electron chi connectivity index (χ1n) is 7.73. The van der Waals surface area contributed by atoms with Crippen LogP contribution < -0.4 is 10.1 Å². The number of anilines is 1. The Morgan fingerprint density at radius 1 is 1.20 bits per heavy atom. The van der Waals surface area contributed by atoms with E-state index in [0.717, 1.165) is 11.3 Å². The van der Waals surface area contributed by atoms with Gasteiger partial charge in [0.05, 0.1) is 10.7 Å². The Kier molecular flexibility index (Phi) is 5.36. The van der Waals surface area contributed by atoms with Gasteiger partial charge in [0, 0.05) is 10.9 Å². The summed E-state index contributed by atoms with van der Waals surface area (Å²) in [6.45, 7) is 4.02. The first kappa shape index (κ1) is 17.5. The van der Waals surface area contributed by atoms with Crippen molar-refractivity contribution in [1.29, 1.82) is 0 Å². The van der Waals surface area contributed by atoms with E-state index in [0.29, 0.717) is 15.9 Å². The molecule has 0 spiro atoms. The molecule has 0 aliphatic heterocycles. The zero-order valence-electron chi connectivity index (χ0n) is 13.9. The van der Waals surface area contributed by atoms with Crippen molar-refractivity contribution in [1.82, 2.24) is 4.98 Å². The second kappa shape index (κ2) is 7.68. The number of thiazole rings is 1. The molecule has 128 valence electrons. The highest BCUT2D eigenvalue weighted by Gasteiger charge is 2.10. The molecule has 0 aliphatic rings. The molecule has 0 bridgehead atoms. The summed E-state index contributed by atoms with van der Waals surface area (Å²) in [5, 5.41) is 5.69. The molecule has 4 nitrogen and oxygen atoms in total. The summed E-state index contributed by atoms with van der Waals surface area (Å²) in [7, 11) is 0. The van der Waals surface area contributed by atoms with Crippen LogP contribution in [0.3, 0.4) is 0 Å². The summed E-state index contributed by atoms with van der Waals surface area (Å²) < 4.78 is 5.42. The highest BCUT2D eigenvalue weighted by atomic mass is 35.5. The number of hydrogen-bond donors (Lipinski definition) is 1. The molecule has 3 rings (SSSR count). The summed E-state index contributed by atoms with van der Waals surface area (Å²) in [4.78, 5) is 16.5. The van der Waals surface area contributed by atoms with E-state index >= 15 is 0 Å². The third kappa shape index (κ3) is 4.38. The number of amides is 1. The lowest BCUT2D eigenvalue weighted by molar-refractivity contribution is -0.118. The molecule has 0 atom stereocenters. The van der Waals surface area contributed by atoms with E-state index in [1.54, 1.807) is 24.3 Å².